The first-order chi connectivity index (χ1) is 7.95. The van der Waals surface area contributed by atoms with Crippen LogP contribution in [0, 0.1) is 17.0 Å². The van der Waals surface area contributed by atoms with Crippen molar-refractivity contribution in [1.29, 1.82) is 0 Å². The summed E-state index contributed by atoms with van der Waals surface area (Å²) in [5.41, 5.74) is 0.977. The van der Waals surface area contributed by atoms with E-state index in [-0.39, 0.29) is 17.6 Å². The second-order valence-corrected chi connectivity index (χ2v) is 4.04. The fourth-order valence-corrected chi connectivity index (χ4v) is 1.41. The van der Waals surface area contributed by atoms with Gasteiger partial charge in [0, 0.05) is 23.2 Å². The van der Waals surface area contributed by atoms with Crippen LogP contribution in [0.2, 0.25) is 0 Å². The Labute approximate surface area is 100.0 Å². The molecule has 0 aromatic heterocycles. The highest BCUT2D eigenvalue weighted by atomic mass is 16.6. The average Bonchev–Trinajstić information content (AvgIpc) is 2.28. The summed E-state index contributed by atoms with van der Waals surface area (Å²) in [6.45, 7) is 5.51. The molecule has 0 unspecified atom stereocenters. The van der Waals surface area contributed by atoms with Gasteiger partial charge in [-0.3, -0.25) is 14.9 Å². The van der Waals surface area contributed by atoms with Gasteiger partial charge in [0.1, 0.15) is 0 Å². The third-order valence-corrected chi connectivity index (χ3v) is 2.65. The molecule has 5 nitrogen and oxygen atoms in total. The molecule has 0 fully saturated rings. The van der Waals surface area contributed by atoms with Crippen molar-refractivity contribution >= 4 is 11.6 Å². The van der Waals surface area contributed by atoms with E-state index in [1.165, 1.54) is 18.2 Å². The van der Waals surface area contributed by atoms with Crippen LogP contribution in [0.4, 0.5) is 5.69 Å². The van der Waals surface area contributed by atoms with Crippen molar-refractivity contribution in [2.75, 3.05) is 0 Å². The number of amides is 1. The Morgan fingerprint density at radius 3 is 2.65 bits per heavy atom. The fourth-order valence-electron chi connectivity index (χ4n) is 1.41. The van der Waals surface area contributed by atoms with Gasteiger partial charge in [0.05, 0.1) is 4.92 Å². The summed E-state index contributed by atoms with van der Waals surface area (Å²) < 4.78 is 0. The lowest BCUT2D eigenvalue weighted by Gasteiger charge is -2.11. The van der Waals surface area contributed by atoms with E-state index in [1.54, 1.807) is 6.92 Å². The van der Waals surface area contributed by atoms with Crippen molar-refractivity contribution in [2.24, 2.45) is 0 Å². The zero-order valence-corrected chi connectivity index (χ0v) is 10.2. The van der Waals surface area contributed by atoms with Crippen LogP contribution in [0.25, 0.3) is 0 Å². The Morgan fingerprint density at radius 1 is 1.53 bits per heavy atom. The molecule has 0 radical (unpaired) electrons. The van der Waals surface area contributed by atoms with Crippen LogP contribution in [0.15, 0.2) is 18.2 Å². The Kier molecular flexibility index (Phi) is 4.20. The molecule has 1 N–H and O–H groups in total. The van der Waals surface area contributed by atoms with Crippen LogP contribution in [-0.2, 0) is 0 Å². The number of carbonyl (C=O) groups excluding carboxylic acids is 1. The number of rotatable bonds is 4. The largest absolute Gasteiger partial charge is 0.350 e. The van der Waals surface area contributed by atoms with Crippen LogP contribution in [0.1, 0.15) is 36.2 Å². The number of nitro groups is 1. The van der Waals surface area contributed by atoms with Crippen LogP contribution < -0.4 is 5.32 Å². The van der Waals surface area contributed by atoms with Gasteiger partial charge in [-0.1, -0.05) is 6.92 Å². The van der Waals surface area contributed by atoms with Crippen LogP contribution in [-0.4, -0.2) is 16.9 Å². The minimum Gasteiger partial charge on any atom is -0.350 e. The first-order valence-electron chi connectivity index (χ1n) is 5.51. The van der Waals surface area contributed by atoms with E-state index in [4.69, 9.17) is 0 Å². The molecule has 1 aromatic carbocycles. The second kappa shape index (κ2) is 5.43. The highest BCUT2D eigenvalue weighted by Gasteiger charge is 2.14. The summed E-state index contributed by atoms with van der Waals surface area (Å²) >= 11 is 0. The van der Waals surface area contributed by atoms with Crippen molar-refractivity contribution in [2.45, 2.75) is 33.2 Å². The number of benzene rings is 1. The summed E-state index contributed by atoms with van der Waals surface area (Å²) in [7, 11) is 0. The number of hydrogen-bond donors (Lipinski definition) is 1. The van der Waals surface area contributed by atoms with Crippen LogP contribution >= 0.6 is 0 Å². The molecule has 0 heterocycles. The maximum Gasteiger partial charge on any atom is 0.272 e. The molecule has 5 heteroatoms. The molecule has 0 saturated heterocycles. The van der Waals surface area contributed by atoms with Crippen molar-refractivity contribution in [3.63, 3.8) is 0 Å². The molecule has 1 atom stereocenters. The molecule has 0 saturated carbocycles. The summed E-state index contributed by atoms with van der Waals surface area (Å²) in [5, 5.41) is 13.4. The lowest BCUT2D eigenvalue weighted by atomic mass is 10.1. The second-order valence-electron chi connectivity index (χ2n) is 4.04. The number of carbonyl (C=O) groups is 1. The number of hydrogen-bond acceptors (Lipinski definition) is 3. The minimum atomic E-state index is -0.453. The van der Waals surface area contributed by atoms with Crippen LogP contribution in [0.5, 0.6) is 0 Å². The third kappa shape index (κ3) is 3.27. The summed E-state index contributed by atoms with van der Waals surface area (Å²) in [4.78, 5) is 21.9. The molecule has 1 aromatic rings. The van der Waals surface area contributed by atoms with Gasteiger partial charge in [-0.25, -0.2) is 0 Å². The van der Waals surface area contributed by atoms with Gasteiger partial charge in [-0.2, -0.15) is 0 Å². The molecule has 0 spiro atoms. The first kappa shape index (κ1) is 13.2. The molecule has 0 bridgehead atoms. The van der Waals surface area contributed by atoms with Gasteiger partial charge in [0.2, 0.25) is 0 Å². The third-order valence-electron chi connectivity index (χ3n) is 2.65. The number of nitro benzene ring substituents is 1. The number of nitrogens with zero attached hydrogens (tertiary/aromatic N) is 1. The Balaban J connectivity index is 2.90. The smallest absolute Gasteiger partial charge is 0.272 e. The Morgan fingerprint density at radius 2 is 2.18 bits per heavy atom. The zero-order chi connectivity index (χ0) is 13.0. The topological polar surface area (TPSA) is 72.2 Å². The zero-order valence-electron chi connectivity index (χ0n) is 10.2. The predicted molar refractivity (Wildman–Crippen MR) is 65.1 cm³/mol. The van der Waals surface area contributed by atoms with Gasteiger partial charge >= 0.3 is 0 Å². The van der Waals surface area contributed by atoms with E-state index >= 15 is 0 Å². The van der Waals surface area contributed by atoms with Gasteiger partial charge in [-0.15, -0.1) is 0 Å². The van der Waals surface area contributed by atoms with Gasteiger partial charge in [0.25, 0.3) is 11.6 Å². The normalized spacial score (nSPS) is 11.9. The molecule has 17 heavy (non-hydrogen) atoms. The van der Waals surface area contributed by atoms with Crippen LogP contribution in [0.3, 0.4) is 0 Å². The Hall–Kier alpha value is -1.91. The molecule has 0 aliphatic carbocycles. The van der Waals surface area contributed by atoms with E-state index in [2.05, 4.69) is 5.32 Å². The first-order valence-corrected chi connectivity index (χ1v) is 5.51. The van der Waals surface area contributed by atoms with E-state index in [0.717, 1.165) is 6.42 Å². The van der Waals surface area contributed by atoms with Crippen molar-refractivity contribution < 1.29 is 9.72 Å². The summed E-state index contributed by atoms with van der Waals surface area (Å²) in [6.07, 6.45) is 0.845. The standard InChI is InChI=1S/C12H16N2O3/c1-4-9(3)13-12(15)10-5-6-11(14(16)17)8(2)7-10/h5-7,9H,4H2,1-3H3,(H,13,15)/t9-/m0/s1. The average molecular weight is 236 g/mol. The molecule has 92 valence electrons. The minimum absolute atomic E-state index is 0.0325. The van der Waals surface area contributed by atoms with Gasteiger partial charge in [0.15, 0.2) is 0 Å². The van der Waals surface area contributed by atoms with E-state index < -0.39 is 4.92 Å². The molecule has 1 amide bonds. The monoisotopic (exact) mass is 236 g/mol. The highest BCUT2D eigenvalue weighted by molar-refractivity contribution is 5.94. The summed E-state index contributed by atoms with van der Waals surface area (Å²) in [6, 6.07) is 4.47. The fraction of sp³-hybridized carbons (Fsp3) is 0.417. The highest BCUT2D eigenvalue weighted by Crippen LogP contribution is 2.18. The quantitative estimate of drug-likeness (QED) is 0.644. The van der Waals surface area contributed by atoms with E-state index in [0.29, 0.717) is 11.1 Å². The predicted octanol–water partition coefficient (Wildman–Crippen LogP) is 2.43. The maximum absolute atomic E-state index is 11.8. The maximum atomic E-state index is 11.8. The Bertz CT molecular complexity index is 443. The molecular weight excluding hydrogens is 220 g/mol. The number of nitrogens with one attached hydrogen (secondary N) is 1. The van der Waals surface area contributed by atoms with Crippen molar-refractivity contribution in [3.8, 4) is 0 Å². The molecular formula is C12H16N2O3. The molecule has 1 rings (SSSR count). The van der Waals surface area contributed by atoms with Gasteiger partial charge in [-0.05, 0) is 32.4 Å². The van der Waals surface area contributed by atoms with Crippen molar-refractivity contribution in [3.05, 3.63) is 39.4 Å². The number of aryl methyl sites for hydroxylation is 1. The SMILES string of the molecule is CC[C@H](C)NC(=O)c1ccc([N+](=O)[O-])c(C)c1. The molecule has 0 aliphatic rings. The lowest BCUT2D eigenvalue weighted by Crippen LogP contribution is -2.31. The molecule has 0 aliphatic heterocycles. The van der Waals surface area contributed by atoms with E-state index in [1.807, 2.05) is 13.8 Å². The van der Waals surface area contributed by atoms with Crippen molar-refractivity contribution in [1.82, 2.24) is 5.32 Å². The summed E-state index contributed by atoms with van der Waals surface area (Å²) in [5.74, 6) is -0.197. The lowest BCUT2D eigenvalue weighted by molar-refractivity contribution is -0.385. The van der Waals surface area contributed by atoms with E-state index in [9.17, 15) is 14.9 Å². The van der Waals surface area contributed by atoms with Gasteiger partial charge < -0.3 is 5.32 Å².